The second-order valence-electron chi connectivity index (χ2n) is 6.93. The Morgan fingerprint density at radius 1 is 1.14 bits per heavy atom. The average Bonchev–Trinajstić information content (AvgIpc) is 3.28. The number of hydrogen-bond donors (Lipinski definition) is 0. The van der Waals surface area contributed by atoms with Gasteiger partial charge in [-0.2, -0.15) is 17.0 Å². The standard InChI is InChI=1S/C15H30N2O3S/c1-12(2)11-20-15-7-9-17(10-8-15)21(18,19)16(4)13(3)14-5-6-14/h12-15H,5-11H2,1-4H3. The molecule has 0 aromatic carbocycles. The number of rotatable bonds is 7. The first-order chi connectivity index (χ1) is 9.82. The van der Waals surface area contributed by atoms with E-state index < -0.39 is 10.2 Å². The van der Waals surface area contributed by atoms with E-state index >= 15 is 0 Å². The summed E-state index contributed by atoms with van der Waals surface area (Å²) < 4.78 is 34.3. The van der Waals surface area contributed by atoms with E-state index in [0.717, 1.165) is 32.3 Å². The fourth-order valence-electron chi connectivity index (χ4n) is 2.83. The van der Waals surface area contributed by atoms with Gasteiger partial charge < -0.3 is 4.74 Å². The third-order valence-electron chi connectivity index (χ3n) is 4.63. The number of nitrogens with zero attached hydrogens (tertiary/aromatic N) is 2. The van der Waals surface area contributed by atoms with Gasteiger partial charge in [-0.25, -0.2) is 0 Å². The fourth-order valence-corrected chi connectivity index (χ4v) is 4.45. The molecule has 0 radical (unpaired) electrons. The van der Waals surface area contributed by atoms with Crippen molar-refractivity contribution in [1.82, 2.24) is 8.61 Å². The molecule has 0 aromatic rings. The molecule has 1 atom stereocenters. The van der Waals surface area contributed by atoms with E-state index in [-0.39, 0.29) is 12.1 Å². The van der Waals surface area contributed by atoms with Gasteiger partial charge in [-0.05, 0) is 44.4 Å². The highest BCUT2D eigenvalue weighted by Gasteiger charge is 2.39. The van der Waals surface area contributed by atoms with Crippen molar-refractivity contribution in [2.45, 2.75) is 58.6 Å². The van der Waals surface area contributed by atoms with Crippen molar-refractivity contribution in [3.05, 3.63) is 0 Å². The molecule has 1 saturated heterocycles. The van der Waals surface area contributed by atoms with Crippen molar-refractivity contribution in [2.75, 3.05) is 26.7 Å². The third-order valence-corrected chi connectivity index (χ3v) is 6.71. The highest BCUT2D eigenvalue weighted by atomic mass is 32.2. The Bertz CT molecular complexity index is 426. The van der Waals surface area contributed by atoms with Crippen LogP contribution in [0.15, 0.2) is 0 Å². The maximum absolute atomic E-state index is 12.6. The first kappa shape index (κ1) is 17.2. The molecule has 0 spiro atoms. The minimum Gasteiger partial charge on any atom is -0.378 e. The topological polar surface area (TPSA) is 49.9 Å². The van der Waals surface area contributed by atoms with Gasteiger partial charge >= 0.3 is 0 Å². The summed E-state index contributed by atoms with van der Waals surface area (Å²) in [7, 11) is -1.59. The molecule has 1 heterocycles. The molecule has 2 rings (SSSR count). The molecule has 1 aliphatic carbocycles. The summed E-state index contributed by atoms with van der Waals surface area (Å²) in [6.07, 6.45) is 4.14. The Labute approximate surface area is 129 Å². The van der Waals surface area contributed by atoms with Crippen LogP contribution in [0.3, 0.4) is 0 Å². The molecule has 2 fully saturated rings. The van der Waals surface area contributed by atoms with E-state index in [9.17, 15) is 8.42 Å². The first-order valence-corrected chi connectivity index (χ1v) is 9.56. The minimum atomic E-state index is -3.31. The monoisotopic (exact) mass is 318 g/mol. The maximum atomic E-state index is 12.6. The smallest absolute Gasteiger partial charge is 0.281 e. The number of ether oxygens (including phenoxy) is 1. The Morgan fingerprint density at radius 2 is 1.71 bits per heavy atom. The molecule has 21 heavy (non-hydrogen) atoms. The van der Waals surface area contributed by atoms with Crippen LogP contribution in [0.1, 0.15) is 46.5 Å². The van der Waals surface area contributed by atoms with Gasteiger partial charge in [-0.1, -0.05) is 13.8 Å². The third kappa shape index (κ3) is 4.41. The van der Waals surface area contributed by atoms with Gasteiger partial charge in [0.25, 0.3) is 10.2 Å². The number of hydrogen-bond acceptors (Lipinski definition) is 3. The lowest BCUT2D eigenvalue weighted by Crippen LogP contribution is -2.49. The average molecular weight is 318 g/mol. The predicted octanol–water partition coefficient (Wildman–Crippen LogP) is 2.10. The van der Waals surface area contributed by atoms with Crippen molar-refractivity contribution in [3.8, 4) is 0 Å². The van der Waals surface area contributed by atoms with E-state index in [4.69, 9.17) is 4.74 Å². The zero-order valence-electron chi connectivity index (χ0n) is 13.8. The summed E-state index contributed by atoms with van der Waals surface area (Å²) in [5.74, 6) is 1.08. The Morgan fingerprint density at radius 3 is 2.19 bits per heavy atom. The molecule has 0 N–H and O–H groups in total. The zero-order valence-corrected chi connectivity index (χ0v) is 14.6. The van der Waals surface area contributed by atoms with Crippen LogP contribution in [0.25, 0.3) is 0 Å². The fraction of sp³-hybridized carbons (Fsp3) is 1.00. The lowest BCUT2D eigenvalue weighted by molar-refractivity contribution is 0.00672. The van der Waals surface area contributed by atoms with E-state index in [1.54, 1.807) is 15.7 Å². The molecule has 1 aliphatic heterocycles. The lowest BCUT2D eigenvalue weighted by Gasteiger charge is -2.35. The van der Waals surface area contributed by atoms with Crippen molar-refractivity contribution < 1.29 is 13.2 Å². The molecule has 0 amide bonds. The van der Waals surface area contributed by atoms with Gasteiger partial charge in [0.15, 0.2) is 0 Å². The van der Waals surface area contributed by atoms with Crippen LogP contribution >= 0.6 is 0 Å². The van der Waals surface area contributed by atoms with Gasteiger partial charge in [-0.3, -0.25) is 0 Å². The van der Waals surface area contributed by atoms with E-state index in [0.29, 0.717) is 24.9 Å². The molecule has 1 unspecified atom stereocenters. The van der Waals surface area contributed by atoms with Crippen LogP contribution in [0.2, 0.25) is 0 Å². The van der Waals surface area contributed by atoms with Crippen LogP contribution in [0.4, 0.5) is 0 Å². The molecule has 0 bridgehead atoms. The summed E-state index contributed by atoms with van der Waals surface area (Å²) in [5, 5.41) is 0. The van der Waals surface area contributed by atoms with Gasteiger partial charge in [0.05, 0.1) is 6.10 Å². The van der Waals surface area contributed by atoms with Gasteiger partial charge in [0, 0.05) is 32.8 Å². The van der Waals surface area contributed by atoms with Crippen molar-refractivity contribution in [1.29, 1.82) is 0 Å². The Kier molecular flexibility index (Phi) is 5.68. The van der Waals surface area contributed by atoms with Crippen LogP contribution in [0, 0.1) is 11.8 Å². The molecule has 2 aliphatic rings. The molecule has 5 nitrogen and oxygen atoms in total. The summed E-state index contributed by atoms with van der Waals surface area (Å²) in [6, 6.07) is 0.116. The van der Waals surface area contributed by atoms with Gasteiger partial charge in [0.1, 0.15) is 0 Å². The zero-order chi connectivity index (χ0) is 15.6. The minimum absolute atomic E-state index is 0.116. The van der Waals surface area contributed by atoms with Gasteiger partial charge in [-0.15, -0.1) is 0 Å². The Hall–Kier alpha value is -0.170. The lowest BCUT2D eigenvalue weighted by atomic mass is 10.1. The maximum Gasteiger partial charge on any atom is 0.281 e. The van der Waals surface area contributed by atoms with E-state index in [1.807, 2.05) is 6.92 Å². The van der Waals surface area contributed by atoms with Crippen molar-refractivity contribution in [2.24, 2.45) is 11.8 Å². The molecule has 1 saturated carbocycles. The predicted molar refractivity (Wildman–Crippen MR) is 84.3 cm³/mol. The van der Waals surface area contributed by atoms with Crippen molar-refractivity contribution >= 4 is 10.2 Å². The summed E-state index contributed by atoms with van der Waals surface area (Å²) in [6.45, 7) is 8.20. The van der Waals surface area contributed by atoms with Crippen LogP contribution < -0.4 is 0 Å². The van der Waals surface area contributed by atoms with Crippen LogP contribution in [-0.4, -0.2) is 55.9 Å². The SMILES string of the molecule is CC(C)COC1CCN(S(=O)(=O)N(C)C(C)C2CC2)CC1. The second kappa shape index (κ2) is 6.94. The molecule has 124 valence electrons. The van der Waals surface area contributed by atoms with Crippen LogP contribution in [0.5, 0.6) is 0 Å². The molecular formula is C15H30N2O3S. The molecule has 6 heteroatoms. The molecular weight excluding hydrogens is 288 g/mol. The second-order valence-corrected chi connectivity index (χ2v) is 8.92. The van der Waals surface area contributed by atoms with E-state index in [1.165, 1.54) is 0 Å². The summed E-state index contributed by atoms with van der Waals surface area (Å²) >= 11 is 0. The van der Waals surface area contributed by atoms with E-state index in [2.05, 4.69) is 13.8 Å². The largest absolute Gasteiger partial charge is 0.378 e. The summed E-state index contributed by atoms with van der Waals surface area (Å²) in [4.78, 5) is 0. The summed E-state index contributed by atoms with van der Waals surface area (Å²) in [5.41, 5.74) is 0. The number of piperidine rings is 1. The first-order valence-electron chi connectivity index (χ1n) is 8.17. The highest BCUT2D eigenvalue weighted by Crippen LogP contribution is 2.36. The van der Waals surface area contributed by atoms with Crippen LogP contribution in [-0.2, 0) is 14.9 Å². The van der Waals surface area contributed by atoms with Crippen molar-refractivity contribution in [3.63, 3.8) is 0 Å². The quantitative estimate of drug-likeness (QED) is 0.722. The normalized spacial score (nSPS) is 23.9. The highest BCUT2D eigenvalue weighted by molar-refractivity contribution is 7.86. The Balaban J connectivity index is 1.85. The molecule has 0 aromatic heterocycles. The van der Waals surface area contributed by atoms with Gasteiger partial charge in [0.2, 0.25) is 0 Å².